The highest BCUT2D eigenvalue weighted by atomic mass is 16.6. The average molecular weight is 734 g/mol. The average Bonchev–Trinajstić information content (AvgIpc) is 3.56. The molecule has 7 bridgehead atoms. The number of aliphatic hydroxyl groups is 1. The Labute approximate surface area is 310 Å². The lowest BCUT2D eigenvalue weighted by Crippen LogP contribution is -2.77. The Balaban J connectivity index is 1.36. The molecule has 8 rings (SSSR count). The van der Waals surface area contributed by atoms with Crippen molar-refractivity contribution < 1.29 is 52.6 Å². The van der Waals surface area contributed by atoms with Crippen LogP contribution in [0, 0.1) is 34.5 Å². The highest BCUT2D eigenvalue weighted by molar-refractivity contribution is 5.90. The van der Waals surface area contributed by atoms with Crippen LogP contribution >= 0.6 is 0 Å². The number of ether oxygens (including phenoxy) is 8. The second kappa shape index (κ2) is 13.1. The van der Waals surface area contributed by atoms with E-state index in [0.717, 1.165) is 6.54 Å². The minimum absolute atomic E-state index is 0.138. The maximum Gasteiger partial charge on any atom is 0.338 e. The standard InChI is InChI=1S/C41H51NO11/c1-8-42-21-38(22-46-2)18-17-28(49-5)41-27-19-39(45)29(50-6)20-40(31(34(41)42)32(51-7)33(38)41,53-37(44)24-11-15-26(48-4)16-12-24)30(27)35(39)52-36(43)23-9-13-25(47-3)14-10-23/h9-18,27-35,45H,8,19-22H2,1-7H3/t27-,28+,29+,30-,31+,32-,33-,34-,35-,38-,39+,40+,41+/m1/s1. The van der Waals surface area contributed by atoms with Gasteiger partial charge in [0, 0.05) is 76.0 Å². The Hall–Kier alpha value is -3.52. The van der Waals surface area contributed by atoms with Crippen LogP contribution in [-0.2, 0) is 28.4 Å². The Morgan fingerprint density at radius 2 is 1.47 bits per heavy atom. The van der Waals surface area contributed by atoms with Crippen molar-refractivity contribution >= 4 is 11.9 Å². The maximum atomic E-state index is 14.6. The highest BCUT2D eigenvalue weighted by Crippen LogP contribution is 2.80. The summed E-state index contributed by atoms with van der Waals surface area (Å²) < 4.78 is 49.7. The number of piperidine rings is 1. The number of carbonyl (C=O) groups is 2. The van der Waals surface area contributed by atoms with Crippen molar-refractivity contribution in [3.63, 3.8) is 0 Å². The molecule has 2 aromatic rings. The molecule has 1 spiro atoms. The molecule has 1 aliphatic heterocycles. The predicted molar refractivity (Wildman–Crippen MR) is 191 cm³/mol. The quantitative estimate of drug-likeness (QED) is 0.252. The molecule has 1 heterocycles. The number of fused-ring (bicyclic) bond motifs is 2. The fourth-order valence-electron chi connectivity index (χ4n) is 12.6. The lowest BCUT2D eigenvalue weighted by atomic mass is 9.44. The summed E-state index contributed by atoms with van der Waals surface area (Å²) in [4.78, 5) is 31.2. The third kappa shape index (κ3) is 4.75. The zero-order valence-electron chi connectivity index (χ0n) is 31.5. The number of likely N-dealkylation sites (tertiary alicyclic amines) is 1. The Morgan fingerprint density at radius 1 is 0.830 bits per heavy atom. The highest BCUT2D eigenvalue weighted by Gasteiger charge is 2.89. The van der Waals surface area contributed by atoms with E-state index in [1.807, 2.05) is 0 Å². The zero-order chi connectivity index (χ0) is 37.5. The number of benzene rings is 2. The van der Waals surface area contributed by atoms with Gasteiger partial charge >= 0.3 is 11.9 Å². The van der Waals surface area contributed by atoms with Gasteiger partial charge in [0.2, 0.25) is 0 Å². The molecule has 0 aromatic heterocycles. The van der Waals surface area contributed by atoms with Gasteiger partial charge in [0.05, 0.1) is 50.3 Å². The molecule has 0 amide bonds. The first-order valence-corrected chi connectivity index (χ1v) is 18.5. The van der Waals surface area contributed by atoms with Crippen molar-refractivity contribution in [2.75, 3.05) is 62.4 Å². The molecule has 0 unspecified atom stereocenters. The van der Waals surface area contributed by atoms with Gasteiger partial charge in [0.25, 0.3) is 0 Å². The molecule has 2 aromatic carbocycles. The smallest absolute Gasteiger partial charge is 0.338 e. The minimum atomic E-state index is -1.60. The summed E-state index contributed by atoms with van der Waals surface area (Å²) in [5.41, 5.74) is -3.34. The predicted octanol–water partition coefficient (Wildman–Crippen LogP) is 3.79. The lowest BCUT2D eigenvalue weighted by Gasteiger charge is -2.67. The SMILES string of the molecule is CCN1C[C@@]2(COC)C=C[C@H](OC)[C@@]34[C@@H]5C[C@]6(O)[C@@H](OC)C[C@](OC(=O)c7ccc(OC)cc7)([C@H]5[C@H]6OC(=O)c5ccc(OC)cc5)[C@@H]([C@@H](OC)[C@H]23)[C@@H]14. The molecule has 5 aliphatic carbocycles. The first kappa shape index (κ1) is 36.5. The summed E-state index contributed by atoms with van der Waals surface area (Å²) in [5.74, 6) is -1.45. The van der Waals surface area contributed by atoms with Crippen molar-refractivity contribution in [3.05, 3.63) is 71.8 Å². The van der Waals surface area contributed by atoms with Gasteiger partial charge in [0.1, 0.15) is 28.8 Å². The van der Waals surface area contributed by atoms with E-state index in [0.29, 0.717) is 35.8 Å². The number of hydrogen-bond donors (Lipinski definition) is 1. The van der Waals surface area contributed by atoms with Gasteiger partial charge in [-0.3, -0.25) is 4.90 Å². The number of nitrogens with zero attached hydrogens (tertiary/aromatic N) is 1. The number of rotatable bonds is 12. The molecule has 1 saturated heterocycles. The number of carbonyl (C=O) groups excluding carboxylic acids is 2. The van der Waals surface area contributed by atoms with Crippen LogP contribution in [0.4, 0.5) is 0 Å². The normalized spacial score (nSPS) is 41.5. The summed E-state index contributed by atoms with van der Waals surface area (Å²) in [6.45, 7) is 4.03. The third-order valence-corrected chi connectivity index (χ3v) is 14.1. The van der Waals surface area contributed by atoms with Crippen molar-refractivity contribution in [1.82, 2.24) is 4.90 Å². The Bertz CT molecular complexity index is 1750. The van der Waals surface area contributed by atoms with Crippen molar-refractivity contribution in [2.45, 2.75) is 61.4 Å². The topological polar surface area (TPSA) is 131 Å². The molecule has 1 N–H and O–H groups in total. The first-order valence-electron chi connectivity index (χ1n) is 18.5. The van der Waals surface area contributed by atoms with Crippen LogP contribution in [0.25, 0.3) is 0 Å². The van der Waals surface area contributed by atoms with Crippen LogP contribution in [0.1, 0.15) is 40.5 Å². The monoisotopic (exact) mass is 733 g/mol. The third-order valence-electron chi connectivity index (χ3n) is 14.1. The molecular weight excluding hydrogens is 682 g/mol. The second-order valence-electron chi connectivity index (χ2n) is 15.8. The zero-order valence-corrected chi connectivity index (χ0v) is 31.5. The molecule has 13 atom stereocenters. The molecule has 0 radical (unpaired) electrons. The van der Waals surface area contributed by atoms with Crippen molar-refractivity contribution in [3.8, 4) is 11.5 Å². The largest absolute Gasteiger partial charge is 0.497 e. The first-order chi connectivity index (χ1) is 25.6. The number of hydrogen-bond acceptors (Lipinski definition) is 12. The fourth-order valence-corrected chi connectivity index (χ4v) is 12.6. The summed E-state index contributed by atoms with van der Waals surface area (Å²) in [6, 6.07) is 13.3. The number of esters is 2. The van der Waals surface area contributed by atoms with Gasteiger partial charge in [-0.05, 0) is 67.4 Å². The van der Waals surface area contributed by atoms with Crippen LogP contribution in [-0.4, -0.2) is 126 Å². The number of methoxy groups -OCH3 is 6. The summed E-state index contributed by atoms with van der Waals surface area (Å²) >= 11 is 0. The maximum absolute atomic E-state index is 14.6. The van der Waals surface area contributed by atoms with Crippen LogP contribution in [0.3, 0.4) is 0 Å². The molecule has 12 heteroatoms. The van der Waals surface area contributed by atoms with Crippen LogP contribution < -0.4 is 9.47 Å². The van der Waals surface area contributed by atoms with E-state index in [1.54, 1.807) is 91.2 Å². The van der Waals surface area contributed by atoms with E-state index >= 15 is 0 Å². The molecule has 6 aliphatic rings. The van der Waals surface area contributed by atoms with Gasteiger partial charge in [0.15, 0.2) is 0 Å². The Morgan fingerprint density at radius 3 is 2.02 bits per heavy atom. The summed E-state index contributed by atoms with van der Waals surface area (Å²) in [7, 11) is 9.88. The van der Waals surface area contributed by atoms with E-state index in [4.69, 9.17) is 37.9 Å². The fraction of sp³-hybridized carbons (Fsp3) is 0.610. The molecule has 5 fully saturated rings. The van der Waals surface area contributed by atoms with Crippen molar-refractivity contribution in [2.24, 2.45) is 34.5 Å². The van der Waals surface area contributed by atoms with Gasteiger partial charge in [-0.15, -0.1) is 0 Å². The van der Waals surface area contributed by atoms with Crippen LogP contribution in [0.2, 0.25) is 0 Å². The molecule has 286 valence electrons. The van der Waals surface area contributed by atoms with Gasteiger partial charge in [-0.2, -0.15) is 0 Å². The molecule has 53 heavy (non-hydrogen) atoms. The summed E-state index contributed by atoms with van der Waals surface area (Å²) in [6.07, 6.45) is 2.13. The second-order valence-corrected chi connectivity index (χ2v) is 15.8. The van der Waals surface area contributed by atoms with Gasteiger partial charge in [-0.25, -0.2) is 9.59 Å². The Kier molecular flexibility index (Phi) is 8.98. The van der Waals surface area contributed by atoms with E-state index < -0.39 is 64.1 Å². The summed E-state index contributed by atoms with van der Waals surface area (Å²) in [5, 5.41) is 13.0. The molecule has 12 nitrogen and oxygen atoms in total. The van der Waals surface area contributed by atoms with E-state index in [2.05, 4.69) is 24.0 Å². The van der Waals surface area contributed by atoms with Crippen LogP contribution in [0.5, 0.6) is 11.5 Å². The molecule has 4 saturated carbocycles. The van der Waals surface area contributed by atoms with Gasteiger partial charge in [-0.1, -0.05) is 19.1 Å². The van der Waals surface area contributed by atoms with E-state index in [9.17, 15) is 14.7 Å². The molecular formula is C41H51NO11. The minimum Gasteiger partial charge on any atom is -0.497 e. The lowest BCUT2D eigenvalue weighted by molar-refractivity contribution is -0.268. The van der Waals surface area contributed by atoms with Crippen molar-refractivity contribution in [1.29, 1.82) is 0 Å². The van der Waals surface area contributed by atoms with E-state index in [1.165, 1.54) is 0 Å². The van der Waals surface area contributed by atoms with E-state index in [-0.39, 0.29) is 36.8 Å². The van der Waals surface area contributed by atoms with Crippen LogP contribution in [0.15, 0.2) is 60.7 Å². The van der Waals surface area contributed by atoms with Gasteiger partial charge < -0.3 is 43.0 Å².